The number of carbonyl (C=O) groups is 1. The number of rotatable bonds is 6. The highest BCUT2D eigenvalue weighted by molar-refractivity contribution is 5.80. The summed E-state index contributed by atoms with van der Waals surface area (Å²) in [6.45, 7) is 4.18. The van der Waals surface area contributed by atoms with Crippen LogP contribution >= 0.6 is 0 Å². The number of amides is 1. The Kier molecular flexibility index (Phi) is 5.22. The molecule has 4 rings (SSSR count). The number of aryl methyl sites for hydroxylation is 1. The number of carbonyl (C=O) groups excluding carboxylic acids is 1. The topological polar surface area (TPSA) is 90.4 Å². The quantitative estimate of drug-likeness (QED) is 0.529. The molecule has 0 radical (unpaired) electrons. The minimum absolute atomic E-state index is 0.0125. The molecule has 1 amide bonds. The molecule has 0 spiro atoms. The van der Waals surface area contributed by atoms with E-state index >= 15 is 0 Å². The molecule has 0 aliphatic carbocycles. The molecule has 0 fully saturated rings. The fourth-order valence-corrected chi connectivity index (χ4v) is 3.54. The van der Waals surface area contributed by atoms with E-state index in [2.05, 4.69) is 10.4 Å². The zero-order chi connectivity index (χ0) is 21.3. The molecule has 0 bridgehead atoms. The van der Waals surface area contributed by atoms with Crippen LogP contribution in [0.2, 0.25) is 0 Å². The lowest BCUT2D eigenvalue weighted by Crippen LogP contribution is -2.32. The minimum Gasteiger partial charge on any atom is -0.354 e. The Labute approximate surface area is 172 Å². The summed E-state index contributed by atoms with van der Waals surface area (Å²) in [5.74, 6) is 0.0752. The molecule has 2 aromatic carbocycles. The summed E-state index contributed by atoms with van der Waals surface area (Å²) in [5.41, 5.74) is 0.833. The lowest BCUT2D eigenvalue weighted by molar-refractivity contribution is -0.121. The third-order valence-corrected chi connectivity index (χ3v) is 4.87. The normalized spacial score (nSPS) is 11.4. The molecular weight excluding hydrogens is 382 g/mol. The van der Waals surface area contributed by atoms with Gasteiger partial charge in [-0.1, -0.05) is 42.5 Å². The van der Waals surface area contributed by atoms with Crippen molar-refractivity contribution in [3.8, 4) is 0 Å². The van der Waals surface area contributed by atoms with Crippen LogP contribution in [0.15, 0.2) is 64.2 Å². The third kappa shape index (κ3) is 3.63. The average molecular weight is 405 g/mol. The first kappa shape index (κ1) is 19.6. The highest BCUT2D eigenvalue weighted by atomic mass is 16.2. The van der Waals surface area contributed by atoms with Crippen molar-refractivity contribution < 1.29 is 4.79 Å². The van der Waals surface area contributed by atoms with Crippen molar-refractivity contribution in [1.29, 1.82) is 0 Å². The van der Waals surface area contributed by atoms with Crippen LogP contribution in [-0.2, 0) is 17.9 Å². The summed E-state index contributed by atoms with van der Waals surface area (Å²) < 4.78 is 4.20. The van der Waals surface area contributed by atoms with Gasteiger partial charge in [-0.25, -0.2) is 13.9 Å². The molecule has 2 aromatic heterocycles. The van der Waals surface area contributed by atoms with Crippen LogP contribution in [0.25, 0.3) is 16.7 Å². The summed E-state index contributed by atoms with van der Waals surface area (Å²) in [7, 11) is 0. The second-order valence-corrected chi connectivity index (χ2v) is 7.51. The van der Waals surface area contributed by atoms with E-state index in [1.807, 2.05) is 44.2 Å². The highest BCUT2D eigenvalue weighted by Crippen LogP contribution is 2.12. The number of aromatic nitrogens is 4. The van der Waals surface area contributed by atoms with Gasteiger partial charge in [0.05, 0.1) is 17.4 Å². The van der Waals surface area contributed by atoms with Crippen molar-refractivity contribution in [2.24, 2.45) is 0 Å². The first-order valence-electron chi connectivity index (χ1n) is 9.90. The number of benzene rings is 2. The van der Waals surface area contributed by atoms with Gasteiger partial charge in [-0.2, -0.15) is 0 Å². The van der Waals surface area contributed by atoms with E-state index < -0.39 is 0 Å². The maximum atomic E-state index is 13.2. The minimum atomic E-state index is -0.328. The molecular formula is C22H23N5O3. The first-order chi connectivity index (χ1) is 14.5. The maximum Gasteiger partial charge on any atom is 0.352 e. The number of para-hydroxylation sites is 1. The van der Waals surface area contributed by atoms with E-state index in [-0.39, 0.29) is 48.5 Å². The third-order valence-electron chi connectivity index (χ3n) is 4.87. The first-order valence-corrected chi connectivity index (χ1v) is 9.90. The van der Waals surface area contributed by atoms with Gasteiger partial charge < -0.3 is 5.32 Å². The Bertz CT molecular complexity index is 1330. The SMILES string of the molecule is CC(C)NC(=O)CCn1c(=O)c2ccccc2n2c(=O)n(Cc3ccccc3)nc12. The zero-order valence-electron chi connectivity index (χ0n) is 16.9. The largest absolute Gasteiger partial charge is 0.354 e. The standard InChI is InChI=1S/C22H23N5O3/c1-15(2)23-19(28)12-13-25-20(29)17-10-6-7-11-18(17)27-21(25)24-26(22(27)30)14-16-8-4-3-5-9-16/h3-11,15H,12-14H2,1-2H3,(H,23,28). The van der Waals surface area contributed by atoms with Gasteiger partial charge in [0.1, 0.15) is 0 Å². The maximum absolute atomic E-state index is 13.2. The lowest BCUT2D eigenvalue weighted by Gasteiger charge is -2.11. The van der Waals surface area contributed by atoms with Gasteiger partial charge in [-0.15, -0.1) is 5.10 Å². The number of fused-ring (bicyclic) bond motifs is 3. The molecule has 0 saturated heterocycles. The van der Waals surface area contributed by atoms with Gasteiger partial charge in [0.2, 0.25) is 11.7 Å². The van der Waals surface area contributed by atoms with Crippen LogP contribution < -0.4 is 16.6 Å². The van der Waals surface area contributed by atoms with E-state index in [0.717, 1.165) is 5.56 Å². The van der Waals surface area contributed by atoms with E-state index in [9.17, 15) is 14.4 Å². The lowest BCUT2D eigenvalue weighted by atomic mass is 10.2. The van der Waals surface area contributed by atoms with Gasteiger partial charge in [0, 0.05) is 19.0 Å². The van der Waals surface area contributed by atoms with Crippen LogP contribution in [0.4, 0.5) is 0 Å². The van der Waals surface area contributed by atoms with Crippen LogP contribution in [0, 0.1) is 0 Å². The van der Waals surface area contributed by atoms with Gasteiger partial charge in [0.15, 0.2) is 0 Å². The summed E-state index contributed by atoms with van der Waals surface area (Å²) in [6.07, 6.45) is 0.117. The fraction of sp³-hybridized carbons (Fsp3) is 0.273. The Morgan fingerprint density at radius 1 is 1.03 bits per heavy atom. The predicted octanol–water partition coefficient (Wildman–Crippen LogP) is 1.77. The molecule has 0 atom stereocenters. The van der Waals surface area contributed by atoms with Crippen LogP contribution in [-0.4, -0.2) is 30.7 Å². The molecule has 8 nitrogen and oxygen atoms in total. The monoisotopic (exact) mass is 405 g/mol. The van der Waals surface area contributed by atoms with E-state index in [1.54, 1.807) is 24.3 Å². The number of hydrogen-bond acceptors (Lipinski definition) is 4. The Balaban J connectivity index is 1.86. The predicted molar refractivity (Wildman–Crippen MR) is 115 cm³/mol. The molecule has 1 N–H and O–H groups in total. The van der Waals surface area contributed by atoms with Crippen molar-refractivity contribution in [1.82, 2.24) is 24.1 Å². The van der Waals surface area contributed by atoms with Crippen LogP contribution in [0.3, 0.4) is 0 Å². The summed E-state index contributed by atoms with van der Waals surface area (Å²) in [5, 5.41) is 7.69. The molecule has 8 heteroatoms. The molecule has 30 heavy (non-hydrogen) atoms. The molecule has 4 aromatic rings. The van der Waals surface area contributed by atoms with Crippen molar-refractivity contribution >= 4 is 22.6 Å². The summed E-state index contributed by atoms with van der Waals surface area (Å²) in [6, 6.07) is 16.5. The molecule has 0 aliphatic heterocycles. The van der Waals surface area contributed by atoms with Crippen molar-refractivity contribution in [3.63, 3.8) is 0 Å². The van der Waals surface area contributed by atoms with Gasteiger partial charge >= 0.3 is 5.69 Å². The second kappa shape index (κ2) is 7.98. The average Bonchev–Trinajstić information content (AvgIpc) is 3.04. The summed E-state index contributed by atoms with van der Waals surface area (Å²) in [4.78, 5) is 38.4. The highest BCUT2D eigenvalue weighted by Gasteiger charge is 2.18. The van der Waals surface area contributed by atoms with Crippen molar-refractivity contribution in [2.45, 2.75) is 39.4 Å². The summed E-state index contributed by atoms with van der Waals surface area (Å²) >= 11 is 0. The Hall–Kier alpha value is -3.68. The molecule has 0 unspecified atom stereocenters. The van der Waals surface area contributed by atoms with Gasteiger partial charge in [-0.3, -0.25) is 14.2 Å². The van der Waals surface area contributed by atoms with Gasteiger partial charge in [0.25, 0.3) is 5.56 Å². The smallest absolute Gasteiger partial charge is 0.352 e. The Morgan fingerprint density at radius 2 is 1.73 bits per heavy atom. The fourth-order valence-electron chi connectivity index (χ4n) is 3.54. The second-order valence-electron chi connectivity index (χ2n) is 7.51. The van der Waals surface area contributed by atoms with Crippen molar-refractivity contribution in [3.05, 3.63) is 81.0 Å². The molecule has 2 heterocycles. The van der Waals surface area contributed by atoms with Crippen molar-refractivity contribution in [2.75, 3.05) is 0 Å². The molecule has 0 saturated carbocycles. The number of nitrogens with zero attached hydrogens (tertiary/aromatic N) is 4. The van der Waals surface area contributed by atoms with E-state index in [4.69, 9.17) is 0 Å². The van der Waals surface area contributed by atoms with Crippen LogP contribution in [0.5, 0.6) is 0 Å². The molecule has 154 valence electrons. The molecule has 0 aliphatic rings. The van der Waals surface area contributed by atoms with Crippen LogP contribution in [0.1, 0.15) is 25.8 Å². The zero-order valence-corrected chi connectivity index (χ0v) is 16.9. The Morgan fingerprint density at radius 3 is 2.47 bits per heavy atom. The number of hydrogen-bond donors (Lipinski definition) is 1. The van der Waals surface area contributed by atoms with Gasteiger partial charge in [-0.05, 0) is 31.5 Å². The number of nitrogens with one attached hydrogen (secondary N) is 1. The van der Waals surface area contributed by atoms with E-state index in [1.165, 1.54) is 13.6 Å². The van der Waals surface area contributed by atoms with E-state index in [0.29, 0.717) is 10.9 Å².